The van der Waals surface area contributed by atoms with Crippen LogP contribution in [0.5, 0.6) is 11.5 Å². The third-order valence-corrected chi connectivity index (χ3v) is 6.15. The Bertz CT molecular complexity index is 1590. The summed E-state index contributed by atoms with van der Waals surface area (Å²) in [7, 11) is 1.64. The van der Waals surface area contributed by atoms with Crippen LogP contribution in [0.4, 0.5) is 0 Å². The molecule has 0 bridgehead atoms. The third kappa shape index (κ3) is 6.19. The molecule has 3 aromatic heterocycles. The Labute approximate surface area is 221 Å². The lowest BCUT2D eigenvalue weighted by atomic mass is 10.1. The largest absolute Gasteiger partial charge is 0.496 e. The summed E-state index contributed by atoms with van der Waals surface area (Å²) in [5.74, 6) is 1.41. The number of fused-ring (bicyclic) bond motifs is 1. The highest BCUT2D eigenvalue weighted by atomic mass is 16.5. The zero-order valence-electron chi connectivity index (χ0n) is 21.2. The zero-order valence-corrected chi connectivity index (χ0v) is 21.2. The van der Waals surface area contributed by atoms with E-state index in [9.17, 15) is 5.11 Å². The Morgan fingerprint density at radius 3 is 2.84 bits per heavy atom. The first-order valence-electron chi connectivity index (χ1n) is 12.5. The Morgan fingerprint density at radius 1 is 1.05 bits per heavy atom. The van der Waals surface area contributed by atoms with Gasteiger partial charge in [0.15, 0.2) is 0 Å². The van der Waals surface area contributed by atoms with Crippen molar-refractivity contribution in [1.82, 2.24) is 19.7 Å². The van der Waals surface area contributed by atoms with Gasteiger partial charge in [-0.2, -0.15) is 5.10 Å². The first-order valence-corrected chi connectivity index (χ1v) is 12.5. The van der Waals surface area contributed by atoms with Crippen LogP contribution in [0, 0.1) is 0 Å². The van der Waals surface area contributed by atoms with E-state index in [1.807, 2.05) is 71.6 Å². The van der Waals surface area contributed by atoms with Gasteiger partial charge in [-0.05, 0) is 77.9 Å². The maximum Gasteiger partial charge on any atom is 0.130 e. The van der Waals surface area contributed by atoms with Crippen LogP contribution in [-0.4, -0.2) is 38.6 Å². The van der Waals surface area contributed by atoms with Gasteiger partial charge in [0, 0.05) is 29.4 Å². The lowest BCUT2D eigenvalue weighted by Gasteiger charge is -2.09. The Balaban J connectivity index is 1.32. The van der Waals surface area contributed by atoms with Gasteiger partial charge in [0.1, 0.15) is 18.1 Å². The van der Waals surface area contributed by atoms with Gasteiger partial charge in [-0.15, -0.1) is 0 Å². The fourth-order valence-corrected chi connectivity index (χ4v) is 4.22. The van der Waals surface area contributed by atoms with Crippen LogP contribution in [0.2, 0.25) is 0 Å². The molecule has 0 radical (unpaired) electrons. The van der Waals surface area contributed by atoms with E-state index in [1.165, 1.54) is 5.22 Å². The molecule has 0 fully saturated rings. The molecule has 0 unspecified atom stereocenters. The SMILES string of the molecule is COc1cc(OCc2ccccn2)ccc1/C=C/c1cc(/C=C/C2=CCC=c3cc[nH]c3=C2)n(CCO)n1. The molecule has 1 aliphatic carbocycles. The van der Waals surface area contributed by atoms with Crippen LogP contribution < -0.4 is 20.0 Å². The van der Waals surface area contributed by atoms with E-state index in [4.69, 9.17) is 9.47 Å². The second kappa shape index (κ2) is 12.1. The van der Waals surface area contributed by atoms with Crippen LogP contribution in [0.1, 0.15) is 29.1 Å². The van der Waals surface area contributed by atoms with Crippen LogP contribution in [-0.2, 0) is 13.2 Å². The number of methoxy groups -OCH3 is 1. The number of nitrogens with zero attached hydrogens (tertiary/aromatic N) is 3. The summed E-state index contributed by atoms with van der Waals surface area (Å²) in [5, 5.41) is 16.5. The van der Waals surface area contributed by atoms with E-state index in [1.54, 1.807) is 13.3 Å². The fourth-order valence-electron chi connectivity index (χ4n) is 4.22. The third-order valence-electron chi connectivity index (χ3n) is 6.15. The highest BCUT2D eigenvalue weighted by Crippen LogP contribution is 2.27. The van der Waals surface area contributed by atoms with E-state index in [0.717, 1.165) is 40.0 Å². The predicted molar refractivity (Wildman–Crippen MR) is 151 cm³/mol. The first kappa shape index (κ1) is 25.0. The van der Waals surface area contributed by atoms with Gasteiger partial charge in [0.05, 0.1) is 37.3 Å². The summed E-state index contributed by atoms with van der Waals surface area (Å²) in [4.78, 5) is 7.56. The average molecular weight is 507 g/mol. The van der Waals surface area contributed by atoms with Crippen molar-refractivity contribution in [1.29, 1.82) is 0 Å². The highest BCUT2D eigenvalue weighted by Gasteiger charge is 2.07. The number of aromatic nitrogens is 4. The van der Waals surface area contributed by atoms with Gasteiger partial charge >= 0.3 is 0 Å². The van der Waals surface area contributed by atoms with Crippen molar-refractivity contribution in [3.63, 3.8) is 0 Å². The zero-order chi connectivity index (χ0) is 26.2. The molecule has 38 heavy (non-hydrogen) atoms. The van der Waals surface area contributed by atoms with Crippen molar-refractivity contribution >= 4 is 30.4 Å². The number of nitrogens with one attached hydrogen (secondary N) is 1. The number of ether oxygens (including phenoxy) is 2. The molecular weight excluding hydrogens is 476 g/mol. The van der Waals surface area contributed by atoms with Crippen molar-refractivity contribution in [2.75, 3.05) is 13.7 Å². The standard InChI is InChI=1S/C31H30N4O3/c1-37-31-21-29(38-22-27-7-2-3-15-32-27)13-10-25(31)9-11-26-20-28(35(34-26)17-18-36)12-8-23-5-4-6-24-14-16-33-30(24)19-23/h2-3,5-16,19-21,33,36H,4,17-18,22H2,1H3/b11-9+,12-8+. The number of rotatable bonds is 10. The Hall–Kier alpha value is -4.62. The molecular formula is C31H30N4O3. The minimum atomic E-state index is 0.00901. The topological polar surface area (TPSA) is 85.2 Å². The minimum absolute atomic E-state index is 0.00901. The second-order valence-corrected chi connectivity index (χ2v) is 8.76. The van der Waals surface area contributed by atoms with Crippen molar-refractivity contribution in [3.8, 4) is 11.5 Å². The van der Waals surface area contributed by atoms with Gasteiger partial charge in [0.2, 0.25) is 0 Å². The molecule has 2 N–H and O–H groups in total. The summed E-state index contributed by atoms with van der Waals surface area (Å²) in [6, 6.07) is 15.6. The van der Waals surface area contributed by atoms with Gasteiger partial charge in [-0.1, -0.05) is 24.3 Å². The number of pyridine rings is 1. The van der Waals surface area contributed by atoms with Gasteiger partial charge in [-0.25, -0.2) is 0 Å². The molecule has 0 aliphatic heterocycles. The smallest absolute Gasteiger partial charge is 0.130 e. The number of aliphatic hydroxyl groups is 1. The molecule has 0 spiro atoms. The van der Waals surface area contributed by atoms with E-state index >= 15 is 0 Å². The maximum atomic E-state index is 9.55. The molecule has 0 saturated carbocycles. The van der Waals surface area contributed by atoms with E-state index < -0.39 is 0 Å². The van der Waals surface area contributed by atoms with E-state index in [2.05, 4.69) is 45.4 Å². The molecule has 192 valence electrons. The van der Waals surface area contributed by atoms with Crippen molar-refractivity contribution in [2.45, 2.75) is 19.6 Å². The van der Waals surface area contributed by atoms with Gasteiger partial charge < -0.3 is 19.6 Å². The molecule has 7 nitrogen and oxygen atoms in total. The number of aliphatic hydroxyl groups excluding tert-OH is 1. The number of hydrogen-bond acceptors (Lipinski definition) is 5. The van der Waals surface area contributed by atoms with Crippen LogP contribution in [0.15, 0.2) is 78.6 Å². The molecule has 0 saturated heterocycles. The van der Waals surface area contributed by atoms with Crippen molar-refractivity contribution in [2.24, 2.45) is 0 Å². The molecule has 1 aromatic carbocycles. The van der Waals surface area contributed by atoms with Gasteiger partial charge in [-0.3, -0.25) is 9.67 Å². The van der Waals surface area contributed by atoms with E-state index in [0.29, 0.717) is 24.7 Å². The maximum absolute atomic E-state index is 9.55. The summed E-state index contributed by atoms with van der Waals surface area (Å²) in [6.45, 7) is 0.808. The van der Waals surface area contributed by atoms with Crippen LogP contribution in [0.25, 0.3) is 30.4 Å². The summed E-state index contributed by atoms with van der Waals surface area (Å²) < 4.78 is 13.3. The summed E-state index contributed by atoms with van der Waals surface area (Å²) >= 11 is 0. The Morgan fingerprint density at radius 2 is 2.00 bits per heavy atom. The number of hydrogen-bond donors (Lipinski definition) is 2. The fraction of sp³-hybridized carbons (Fsp3) is 0.161. The predicted octanol–water partition coefficient (Wildman–Crippen LogP) is 3.96. The average Bonchev–Trinajstić information content (AvgIpc) is 3.51. The molecule has 7 heteroatoms. The number of aromatic amines is 1. The number of allylic oxidation sites excluding steroid dienone is 3. The number of H-pyrrole nitrogens is 1. The summed E-state index contributed by atoms with van der Waals surface area (Å²) in [6.07, 6.45) is 19.1. The quantitative estimate of drug-likeness (QED) is 0.340. The molecule has 4 aromatic rings. The monoisotopic (exact) mass is 506 g/mol. The number of benzene rings is 1. The molecule has 5 rings (SSSR count). The molecule has 1 aliphatic rings. The minimum Gasteiger partial charge on any atom is -0.496 e. The highest BCUT2D eigenvalue weighted by molar-refractivity contribution is 5.73. The van der Waals surface area contributed by atoms with Crippen LogP contribution in [0.3, 0.4) is 0 Å². The Kier molecular flexibility index (Phi) is 7.96. The lowest BCUT2D eigenvalue weighted by Crippen LogP contribution is -2.21. The normalized spacial score (nSPS) is 13.1. The first-order chi connectivity index (χ1) is 18.7. The summed E-state index contributed by atoms with van der Waals surface area (Å²) in [5.41, 5.74) is 4.58. The second-order valence-electron chi connectivity index (χ2n) is 8.76. The van der Waals surface area contributed by atoms with E-state index in [-0.39, 0.29) is 6.61 Å². The van der Waals surface area contributed by atoms with Crippen LogP contribution >= 0.6 is 0 Å². The molecule has 3 heterocycles. The van der Waals surface area contributed by atoms with Crippen molar-refractivity contribution < 1.29 is 14.6 Å². The van der Waals surface area contributed by atoms with Gasteiger partial charge in [0.25, 0.3) is 0 Å². The molecule has 0 amide bonds. The lowest BCUT2D eigenvalue weighted by molar-refractivity contribution is 0.269. The molecule has 0 atom stereocenters. The van der Waals surface area contributed by atoms with Crippen molar-refractivity contribution in [3.05, 3.63) is 112 Å².